The molecule has 5 amide bonds. The molecule has 2 aliphatic heterocycles. The van der Waals surface area contributed by atoms with E-state index < -0.39 is 47.2 Å². The molecule has 55 heavy (non-hydrogen) atoms. The monoisotopic (exact) mass is 755 g/mol. The lowest BCUT2D eigenvalue weighted by molar-refractivity contribution is -0.139. The van der Waals surface area contributed by atoms with Crippen molar-refractivity contribution in [3.63, 3.8) is 0 Å². The van der Waals surface area contributed by atoms with Crippen molar-refractivity contribution in [2.45, 2.75) is 94.5 Å². The predicted molar refractivity (Wildman–Crippen MR) is 203 cm³/mol. The summed E-state index contributed by atoms with van der Waals surface area (Å²) in [6.45, 7) is 2.29. The zero-order chi connectivity index (χ0) is 39.0. The van der Waals surface area contributed by atoms with Crippen LogP contribution in [0.1, 0.15) is 74.2 Å². The first-order chi connectivity index (χ1) is 26.5. The number of carbonyl (C=O) groups is 5. The molecule has 0 bridgehead atoms. The molecule has 2 fully saturated rings. The smallest absolute Gasteiger partial charge is 0.255 e. The Balaban J connectivity index is 1.25. The summed E-state index contributed by atoms with van der Waals surface area (Å²) in [4.78, 5) is 72.6. The molecule has 1 saturated heterocycles. The molecule has 1 spiro atoms. The maximum Gasteiger partial charge on any atom is 0.255 e. The number of carbonyl (C=O) groups excluding carboxylic acids is 5. The SMILES string of the molecule is C[C@@H]1NC(=O)C2(CCCC2)NC(=O)CC[C@@H](C(=O)N2CCC(Oc3ccccc3F)CC2)NC(=O)c2ccccc2OC[C@H](Cc2ccccc2)N(C)C1=O. The minimum absolute atomic E-state index is 0.0262. The van der Waals surface area contributed by atoms with Gasteiger partial charge < -0.3 is 35.2 Å². The molecular weight excluding hydrogens is 705 g/mol. The van der Waals surface area contributed by atoms with E-state index in [9.17, 15) is 28.4 Å². The Kier molecular flexibility index (Phi) is 12.7. The normalized spacial score (nSPS) is 23.1. The first kappa shape index (κ1) is 39.2. The van der Waals surface area contributed by atoms with Crippen molar-refractivity contribution < 1.29 is 37.8 Å². The van der Waals surface area contributed by atoms with Crippen LogP contribution in [0.15, 0.2) is 78.9 Å². The quantitative estimate of drug-likeness (QED) is 0.355. The molecule has 3 aromatic carbocycles. The molecule has 13 heteroatoms. The summed E-state index contributed by atoms with van der Waals surface area (Å²) in [5.41, 5.74) is -0.0393. The third-order valence-corrected chi connectivity index (χ3v) is 10.9. The number of benzene rings is 3. The van der Waals surface area contributed by atoms with Crippen molar-refractivity contribution in [1.82, 2.24) is 25.8 Å². The number of fused-ring (bicyclic) bond motifs is 1. The van der Waals surface area contributed by atoms with Gasteiger partial charge in [-0.3, -0.25) is 24.0 Å². The number of nitrogens with one attached hydrogen (secondary N) is 3. The van der Waals surface area contributed by atoms with Gasteiger partial charge in [0.1, 0.15) is 36.1 Å². The highest BCUT2D eigenvalue weighted by atomic mass is 19.1. The first-order valence-electron chi connectivity index (χ1n) is 19.2. The van der Waals surface area contributed by atoms with Crippen LogP contribution in [0.25, 0.3) is 0 Å². The van der Waals surface area contributed by atoms with Gasteiger partial charge in [0, 0.05) is 39.4 Å². The number of para-hydroxylation sites is 2. The molecule has 12 nitrogen and oxygen atoms in total. The minimum atomic E-state index is -1.20. The van der Waals surface area contributed by atoms with E-state index in [1.54, 1.807) is 66.2 Å². The number of likely N-dealkylation sites (N-methyl/N-ethyl adjacent to an activating group) is 1. The van der Waals surface area contributed by atoms with E-state index in [-0.39, 0.29) is 54.4 Å². The van der Waals surface area contributed by atoms with E-state index in [2.05, 4.69) is 16.0 Å². The average Bonchev–Trinajstić information content (AvgIpc) is 3.68. The van der Waals surface area contributed by atoms with Crippen LogP contribution in [0.4, 0.5) is 4.39 Å². The van der Waals surface area contributed by atoms with Crippen LogP contribution < -0.4 is 25.4 Å². The van der Waals surface area contributed by atoms with Crippen LogP contribution in [-0.2, 0) is 25.6 Å². The van der Waals surface area contributed by atoms with E-state index in [0.717, 1.165) is 18.4 Å². The summed E-state index contributed by atoms with van der Waals surface area (Å²) >= 11 is 0. The lowest BCUT2D eigenvalue weighted by Crippen LogP contribution is -2.61. The number of likely N-dealkylation sites (tertiary alicyclic amines) is 1. The summed E-state index contributed by atoms with van der Waals surface area (Å²) in [6.07, 6.45) is 3.14. The molecule has 292 valence electrons. The lowest BCUT2D eigenvalue weighted by atomic mass is 9.94. The second-order valence-electron chi connectivity index (χ2n) is 14.8. The maximum absolute atomic E-state index is 14.2. The topological polar surface area (TPSA) is 146 Å². The van der Waals surface area contributed by atoms with Gasteiger partial charge in [0.05, 0.1) is 11.6 Å². The van der Waals surface area contributed by atoms with Crippen LogP contribution in [0.5, 0.6) is 11.5 Å². The van der Waals surface area contributed by atoms with E-state index in [1.807, 2.05) is 30.3 Å². The average molecular weight is 756 g/mol. The maximum atomic E-state index is 14.2. The molecule has 0 unspecified atom stereocenters. The van der Waals surface area contributed by atoms with Crippen molar-refractivity contribution in [2.75, 3.05) is 26.7 Å². The summed E-state index contributed by atoms with van der Waals surface area (Å²) in [7, 11) is 1.66. The fourth-order valence-corrected chi connectivity index (χ4v) is 7.66. The Morgan fingerprint density at radius 2 is 1.56 bits per heavy atom. The predicted octanol–water partition coefficient (Wildman–Crippen LogP) is 4.17. The van der Waals surface area contributed by atoms with Gasteiger partial charge in [-0.25, -0.2) is 4.39 Å². The Hall–Kier alpha value is -5.46. The molecule has 2 heterocycles. The summed E-state index contributed by atoms with van der Waals surface area (Å²) in [5, 5.41) is 8.72. The van der Waals surface area contributed by atoms with Gasteiger partial charge in [-0.05, 0) is 62.4 Å². The molecule has 3 aromatic rings. The fourth-order valence-electron chi connectivity index (χ4n) is 7.66. The summed E-state index contributed by atoms with van der Waals surface area (Å²) < 4.78 is 26.4. The molecule has 6 rings (SSSR count). The van der Waals surface area contributed by atoms with Crippen molar-refractivity contribution in [2.24, 2.45) is 0 Å². The van der Waals surface area contributed by atoms with Gasteiger partial charge in [-0.15, -0.1) is 0 Å². The van der Waals surface area contributed by atoms with Crippen molar-refractivity contribution in [1.29, 1.82) is 0 Å². The third kappa shape index (κ3) is 9.62. The molecule has 3 aliphatic rings. The van der Waals surface area contributed by atoms with Gasteiger partial charge in [-0.2, -0.15) is 0 Å². The van der Waals surface area contributed by atoms with Crippen LogP contribution in [0.2, 0.25) is 0 Å². The number of halogens is 1. The highest BCUT2D eigenvalue weighted by Crippen LogP contribution is 2.31. The van der Waals surface area contributed by atoms with Gasteiger partial charge in [0.15, 0.2) is 11.6 Å². The third-order valence-electron chi connectivity index (χ3n) is 10.9. The number of hydrogen-bond acceptors (Lipinski definition) is 7. The molecule has 3 N–H and O–H groups in total. The standard InChI is InChI=1S/C42H50FN5O7/c1-28-39(51)47(2)30(26-29-12-4-3-5-13-29)27-54-35-16-8-6-14-32(35)38(50)45-34(18-19-37(49)46-42(41(53)44-28)22-10-11-23-42)40(52)48-24-20-31(21-25-48)55-36-17-9-7-15-33(36)43/h3-9,12-17,28,30-31,34H,10-11,18-27H2,1-2H3,(H,44,53)(H,45,50)(H,46,49)/t28-,30-,34-/m0/s1. The highest BCUT2D eigenvalue weighted by molar-refractivity contribution is 6.00. The zero-order valence-electron chi connectivity index (χ0n) is 31.4. The van der Waals surface area contributed by atoms with Crippen molar-refractivity contribution >= 4 is 29.5 Å². The fraction of sp³-hybridized carbons (Fsp3) is 0.452. The van der Waals surface area contributed by atoms with Crippen LogP contribution in [-0.4, -0.2) is 95.8 Å². The van der Waals surface area contributed by atoms with E-state index in [1.165, 1.54) is 6.07 Å². The molecule has 3 atom stereocenters. The highest BCUT2D eigenvalue weighted by Gasteiger charge is 2.44. The van der Waals surface area contributed by atoms with Crippen LogP contribution in [0, 0.1) is 5.82 Å². The Morgan fingerprint density at radius 3 is 2.29 bits per heavy atom. The van der Waals surface area contributed by atoms with Gasteiger partial charge in [-0.1, -0.05) is 67.4 Å². The number of nitrogens with zero attached hydrogens (tertiary/aromatic N) is 2. The molecule has 1 saturated carbocycles. The number of hydrogen-bond donors (Lipinski definition) is 3. The Morgan fingerprint density at radius 1 is 0.891 bits per heavy atom. The first-order valence-corrected chi connectivity index (χ1v) is 19.2. The summed E-state index contributed by atoms with van der Waals surface area (Å²) in [5.74, 6) is -2.15. The lowest BCUT2D eigenvalue weighted by Gasteiger charge is -2.35. The van der Waals surface area contributed by atoms with Crippen LogP contribution >= 0.6 is 0 Å². The number of amides is 5. The summed E-state index contributed by atoms with van der Waals surface area (Å²) in [6, 6.07) is 20.1. The van der Waals surface area contributed by atoms with E-state index in [0.29, 0.717) is 45.2 Å². The van der Waals surface area contributed by atoms with Gasteiger partial charge in [0.2, 0.25) is 23.6 Å². The molecule has 0 aromatic heterocycles. The number of piperidine rings is 1. The second-order valence-corrected chi connectivity index (χ2v) is 14.8. The Bertz CT molecular complexity index is 1840. The van der Waals surface area contributed by atoms with Crippen molar-refractivity contribution in [3.05, 3.63) is 95.8 Å². The molecule has 1 aliphatic carbocycles. The second kappa shape index (κ2) is 17.8. The molecular formula is C42H50FN5O7. The van der Waals surface area contributed by atoms with Crippen LogP contribution in [0.3, 0.4) is 0 Å². The van der Waals surface area contributed by atoms with E-state index >= 15 is 0 Å². The number of rotatable bonds is 5. The Labute approximate surface area is 321 Å². The van der Waals surface area contributed by atoms with Crippen molar-refractivity contribution in [3.8, 4) is 11.5 Å². The van der Waals surface area contributed by atoms with Gasteiger partial charge >= 0.3 is 0 Å². The minimum Gasteiger partial charge on any atom is -0.491 e. The van der Waals surface area contributed by atoms with E-state index in [4.69, 9.17) is 9.47 Å². The molecule has 0 radical (unpaired) electrons. The number of ether oxygens (including phenoxy) is 2. The van der Waals surface area contributed by atoms with Gasteiger partial charge in [0.25, 0.3) is 5.91 Å². The zero-order valence-corrected chi connectivity index (χ0v) is 31.4. The largest absolute Gasteiger partial charge is 0.491 e.